The lowest BCUT2D eigenvalue weighted by molar-refractivity contribution is -0.0476. The lowest BCUT2D eigenvalue weighted by atomic mass is 9.87. The van der Waals surface area contributed by atoms with E-state index in [0.29, 0.717) is 12.0 Å². The summed E-state index contributed by atoms with van der Waals surface area (Å²) >= 11 is 0. The highest BCUT2D eigenvalue weighted by atomic mass is 19.1. The molecule has 0 amide bonds. The van der Waals surface area contributed by atoms with Gasteiger partial charge >= 0.3 is 0 Å². The standard InChI is InChI=1S/C22H45FO/c1-7-9-11-13-15-21(16-14-12-10-8-2)20(4)24-19(3)17-22(5,6)18-23/h19-21H,7-18H2,1-6H3. The summed E-state index contributed by atoms with van der Waals surface area (Å²) in [4.78, 5) is 0. The normalized spacial score (nSPS) is 15.0. The third-order valence-corrected chi connectivity index (χ3v) is 5.17. The molecule has 2 heteroatoms. The second-order valence-electron chi connectivity index (χ2n) is 8.61. The molecule has 0 aromatic rings. The van der Waals surface area contributed by atoms with Crippen LogP contribution in [0.3, 0.4) is 0 Å². The summed E-state index contributed by atoms with van der Waals surface area (Å²) in [5.41, 5.74) is -0.267. The minimum atomic E-state index is -0.271. The molecule has 0 N–H and O–H groups in total. The van der Waals surface area contributed by atoms with Crippen LogP contribution < -0.4 is 0 Å². The van der Waals surface area contributed by atoms with Gasteiger partial charge in [0.2, 0.25) is 0 Å². The van der Waals surface area contributed by atoms with Gasteiger partial charge in [-0.2, -0.15) is 0 Å². The first-order valence-corrected chi connectivity index (χ1v) is 10.6. The molecule has 0 radical (unpaired) electrons. The second-order valence-corrected chi connectivity index (χ2v) is 8.61. The van der Waals surface area contributed by atoms with Crippen LogP contribution in [0.15, 0.2) is 0 Å². The van der Waals surface area contributed by atoms with Crippen molar-refractivity contribution in [3.05, 3.63) is 0 Å². The van der Waals surface area contributed by atoms with Gasteiger partial charge in [-0.25, -0.2) is 0 Å². The van der Waals surface area contributed by atoms with E-state index in [9.17, 15) is 4.39 Å². The molecule has 0 aliphatic rings. The first kappa shape index (κ1) is 23.9. The third-order valence-electron chi connectivity index (χ3n) is 5.17. The minimum absolute atomic E-state index is 0.138. The Hall–Kier alpha value is -0.110. The van der Waals surface area contributed by atoms with E-state index in [0.717, 1.165) is 6.42 Å². The van der Waals surface area contributed by atoms with E-state index in [-0.39, 0.29) is 18.2 Å². The van der Waals surface area contributed by atoms with Crippen molar-refractivity contribution in [1.29, 1.82) is 0 Å². The van der Waals surface area contributed by atoms with Crippen LogP contribution in [0.5, 0.6) is 0 Å². The molecule has 0 aromatic carbocycles. The van der Waals surface area contributed by atoms with Gasteiger partial charge in [0.15, 0.2) is 0 Å². The van der Waals surface area contributed by atoms with E-state index >= 15 is 0 Å². The Morgan fingerprint density at radius 3 is 1.75 bits per heavy atom. The Labute approximate surface area is 152 Å². The molecule has 2 unspecified atom stereocenters. The zero-order chi connectivity index (χ0) is 18.4. The molecule has 0 heterocycles. The molecule has 0 aliphatic heterocycles. The maximum absolute atomic E-state index is 13.0. The summed E-state index contributed by atoms with van der Waals surface area (Å²) < 4.78 is 19.3. The second kappa shape index (κ2) is 14.1. The summed E-state index contributed by atoms with van der Waals surface area (Å²) in [5.74, 6) is 0.662. The van der Waals surface area contributed by atoms with Crippen LogP contribution in [0.25, 0.3) is 0 Å². The molecular weight excluding hydrogens is 299 g/mol. The molecule has 0 fully saturated rings. The van der Waals surface area contributed by atoms with E-state index in [1.54, 1.807) is 0 Å². The van der Waals surface area contributed by atoms with E-state index in [1.165, 1.54) is 64.2 Å². The number of rotatable bonds is 16. The van der Waals surface area contributed by atoms with E-state index in [2.05, 4.69) is 27.7 Å². The largest absolute Gasteiger partial charge is 0.375 e. The maximum atomic E-state index is 13.0. The highest BCUT2D eigenvalue weighted by molar-refractivity contribution is 4.74. The van der Waals surface area contributed by atoms with Crippen molar-refractivity contribution >= 4 is 0 Å². The van der Waals surface area contributed by atoms with Crippen LogP contribution in [-0.2, 0) is 4.74 Å². The SMILES string of the molecule is CCCCCCC(CCCCCC)C(C)OC(C)CC(C)(C)CF. The molecule has 1 nitrogen and oxygen atoms in total. The van der Waals surface area contributed by atoms with Gasteiger partial charge < -0.3 is 4.74 Å². The number of hydrogen-bond acceptors (Lipinski definition) is 1. The van der Waals surface area contributed by atoms with Crippen LogP contribution in [-0.4, -0.2) is 18.9 Å². The van der Waals surface area contributed by atoms with Crippen LogP contribution in [0, 0.1) is 11.3 Å². The summed E-state index contributed by atoms with van der Waals surface area (Å²) in [6, 6.07) is 0. The average Bonchev–Trinajstić information content (AvgIpc) is 2.52. The van der Waals surface area contributed by atoms with Crippen LogP contribution in [0.4, 0.5) is 4.39 Å². The predicted octanol–water partition coefficient (Wildman–Crippen LogP) is 7.72. The Kier molecular flexibility index (Phi) is 14.0. The first-order valence-electron chi connectivity index (χ1n) is 10.6. The molecule has 0 aliphatic carbocycles. The molecule has 0 spiro atoms. The van der Waals surface area contributed by atoms with Gasteiger partial charge in [0.05, 0.1) is 18.9 Å². The molecule has 2 atom stereocenters. The zero-order valence-corrected chi connectivity index (χ0v) is 17.5. The molecule has 0 saturated carbocycles. The van der Waals surface area contributed by atoms with Gasteiger partial charge in [0.1, 0.15) is 0 Å². The van der Waals surface area contributed by atoms with E-state index < -0.39 is 0 Å². The maximum Gasteiger partial charge on any atom is 0.0946 e. The van der Waals surface area contributed by atoms with Crippen molar-refractivity contribution < 1.29 is 9.13 Å². The molecule has 24 heavy (non-hydrogen) atoms. The topological polar surface area (TPSA) is 9.23 Å². The molecule has 0 bridgehead atoms. The zero-order valence-electron chi connectivity index (χ0n) is 17.5. The van der Waals surface area contributed by atoms with Crippen molar-refractivity contribution in [3.63, 3.8) is 0 Å². The van der Waals surface area contributed by atoms with Crippen molar-refractivity contribution in [2.75, 3.05) is 6.67 Å². The van der Waals surface area contributed by atoms with Crippen molar-refractivity contribution in [1.82, 2.24) is 0 Å². The van der Waals surface area contributed by atoms with Gasteiger partial charge in [-0.3, -0.25) is 4.39 Å². The Morgan fingerprint density at radius 1 is 0.833 bits per heavy atom. The Balaban J connectivity index is 4.38. The lowest BCUT2D eigenvalue weighted by Gasteiger charge is -2.31. The number of halogens is 1. The lowest BCUT2D eigenvalue weighted by Crippen LogP contribution is -2.29. The van der Waals surface area contributed by atoms with E-state index in [4.69, 9.17) is 4.74 Å². The van der Waals surface area contributed by atoms with Gasteiger partial charge in [0.25, 0.3) is 0 Å². The smallest absolute Gasteiger partial charge is 0.0946 e. The van der Waals surface area contributed by atoms with Crippen LogP contribution >= 0.6 is 0 Å². The number of ether oxygens (including phenoxy) is 1. The van der Waals surface area contributed by atoms with Gasteiger partial charge in [-0.05, 0) is 44.4 Å². The van der Waals surface area contributed by atoms with Gasteiger partial charge in [-0.15, -0.1) is 0 Å². The number of hydrogen-bond donors (Lipinski definition) is 0. The van der Waals surface area contributed by atoms with Crippen LogP contribution in [0.1, 0.15) is 112 Å². The Bertz CT molecular complexity index is 265. The fourth-order valence-electron chi connectivity index (χ4n) is 3.64. The summed E-state index contributed by atoms with van der Waals surface area (Å²) in [5, 5.41) is 0. The summed E-state index contributed by atoms with van der Waals surface area (Å²) in [7, 11) is 0. The quantitative estimate of drug-likeness (QED) is 0.260. The monoisotopic (exact) mass is 344 g/mol. The summed E-state index contributed by atoms with van der Waals surface area (Å²) in [6.45, 7) is 12.6. The Morgan fingerprint density at radius 2 is 1.33 bits per heavy atom. The average molecular weight is 345 g/mol. The van der Waals surface area contributed by atoms with E-state index in [1.807, 2.05) is 13.8 Å². The predicted molar refractivity (Wildman–Crippen MR) is 105 cm³/mol. The van der Waals surface area contributed by atoms with Gasteiger partial charge in [-0.1, -0.05) is 79.1 Å². The van der Waals surface area contributed by atoms with Crippen molar-refractivity contribution in [3.8, 4) is 0 Å². The number of unbranched alkanes of at least 4 members (excludes halogenated alkanes) is 6. The van der Waals surface area contributed by atoms with Crippen molar-refractivity contribution in [2.24, 2.45) is 11.3 Å². The fourth-order valence-corrected chi connectivity index (χ4v) is 3.64. The van der Waals surface area contributed by atoms with Crippen LogP contribution in [0.2, 0.25) is 0 Å². The highest BCUT2D eigenvalue weighted by Crippen LogP contribution is 2.28. The number of alkyl halides is 1. The summed E-state index contributed by atoms with van der Waals surface area (Å²) in [6.07, 6.45) is 14.4. The van der Waals surface area contributed by atoms with Gasteiger partial charge in [0, 0.05) is 0 Å². The molecule has 0 aromatic heterocycles. The highest BCUT2D eigenvalue weighted by Gasteiger charge is 2.25. The molecule has 0 rings (SSSR count). The fraction of sp³-hybridized carbons (Fsp3) is 1.00. The first-order chi connectivity index (χ1) is 11.4. The minimum Gasteiger partial charge on any atom is -0.375 e. The molecule has 0 saturated heterocycles. The van der Waals surface area contributed by atoms with Crippen molar-refractivity contribution in [2.45, 2.75) is 124 Å². The third kappa shape index (κ3) is 12.3. The molecular formula is C22H45FO. The molecule has 146 valence electrons.